The molecule has 2 N–H and O–H groups in total. The Balaban J connectivity index is 1.65. The van der Waals surface area contributed by atoms with Crippen LogP contribution in [0.15, 0.2) is 65.8 Å². The fraction of sp³-hybridized carbons (Fsp3) is 0. The lowest BCUT2D eigenvalue weighted by Gasteiger charge is -2.05. The molecule has 3 rings (SSSR count). The lowest BCUT2D eigenvalue weighted by Crippen LogP contribution is -2.32. The van der Waals surface area contributed by atoms with Gasteiger partial charge in [-0.2, -0.15) is 5.10 Å². The van der Waals surface area contributed by atoms with E-state index in [-0.39, 0.29) is 5.02 Å². The van der Waals surface area contributed by atoms with Crippen molar-refractivity contribution >= 4 is 57.7 Å². The molecule has 0 radical (unpaired) electrons. The third-order valence-electron chi connectivity index (χ3n) is 3.58. The first-order chi connectivity index (χ1) is 12.5. The van der Waals surface area contributed by atoms with Crippen molar-refractivity contribution in [3.63, 3.8) is 0 Å². The zero-order valence-corrected chi connectivity index (χ0v) is 14.9. The van der Waals surface area contributed by atoms with Crippen molar-refractivity contribution in [2.45, 2.75) is 0 Å². The number of fused-ring (bicyclic) bond motifs is 1. The molecule has 0 fully saturated rings. The van der Waals surface area contributed by atoms with Gasteiger partial charge >= 0.3 is 11.8 Å². The third kappa shape index (κ3) is 4.20. The Morgan fingerprint density at radius 2 is 1.65 bits per heavy atom. The smallest absolute Gasteiger partial charge is 0.318 e. The molecule has 0 spiro atoms. The number of nitrogens with one attached hydrogen (secondary N) is 2. The van der Waals surface area contributed by atoms with E-state index in [2.05, 4.69) is 15.8 Å². The Bertz CT molecular complexity index is 1010. The van der Waals surface area contributed by atoms with Gasteiger partial charge in [-0.1, -0.05) is 65.7 Å². The number of nitrogens with zero attached hydrogens (tertiary/aromatic N) is 1. The van der Waals surface area contributed by atoms with Gasteiger partial charge < -0.3 is 5.32 Å². The molecular weight excluding hydrogens is 373 g/mol. The molecular formula is C19H13Cl2N3O2. The predicted octanol–water partition coefficient (Wildman–Crippen LogP) is 4.24. The van der Waals surface area contributed by atoms with E-state index in [0.29, 0.717) is 10.7 Å². The van der Waals surface area contributed by atoms with Gasteiger partial charge in [-0.3, -0.25) is 9.59 Å². The minimum absolute atomic E-state index is 0.277. The first-order valence-electron chi connectivity index (χ1n) is 7.62. The topological polar surface area (TPSA) is 70.6 Å². The summed E-state index contributed by atoms with van der Waals surface area (Å²) in [6, 6.07) is 18.1. The van der Waals surface area contributed by atoms with Gasteiger partial charge in [0.05, 0.1) is 16.3 Å². The number of rotatable bonds is 3. The molecule has 7 heteroatoms. The van der Waals surface area contributed by atoms with Gasteiger partial charge in [0.2, 0.25) is 0 Å². The summed E-state index contributed by atoms with van der Waals surface area (Å²) < 4.78 is 0. The number of hydrogen-bond donors (Lipinski definition) is 2. The minimum Gasteiger partial charge on any atom is -0.318 e. The molecule has 0 aliphatic rings. The number of halogens is 2. The Hall–Kier alpha value is -2.89. The molecule has 0 bridgehead atoms. The van der Waals surface area contributed by atoms with Crippen LogP contribution in [0.5, 0.6) is 0 Å². The Morgan fingerprint density at radius 3 is 2.46 bits per heavy atom. The molecule has 0 aliphatic heterocycles. The summed E-state index contributed by atoms with van der Waals surface area (Å²) in [4.78, 5) is 23.7. The van der Waals surface area contributed by atoms with Crippen LogP contribution in [-0.4, -0.2) is 18.0 Å². The highest BCUT2D eigenvalue weighted by Crippen LogP contribution is 2.24. The van der Waals surface area contributed by atoms with Crippen LogP contribution in [0.1, 0.15) is 5.56 Å². The fourth-order valence-electron chi connectivity index (χ4n) is 2.34. The fourth-order valence-corrected chi connectivity index (χ4v) is 2.63. The van der Waals surface area contributed by atoms with E-state index in [1.165, 1.54) is 18.3 Å². The molecule has 0 heterocycles. The van der Waals surface area contributed by atoms with E-state index in [0.717, 1.165) is 16.3 Å². The Morgan fingerprint density at radius 1 is 0.885 bits per heavy atom. The van der Waals surface area contributed by atoms with Crippen molar-refractivity contribution < 1.29 is 9.59 Å². The van der Waals surface area contributed by atoms with Gasteiger partial charge in [-0.25, -0.2) is 5.43 Å². The summed E-state index contributed by atoms with van der Waals surface area (Å²) in [5.41, 5.74) is 3.39. The van der Waals surface area contributed by atoms with Crippen molar-refractivity contribution in [2.24, 2.45) is 5.10 Å². The lowest BCUT2D eigenvalue weighted by molar-refractivity contribution is -0.136. The monoisotopic (exact) mass is 385 g/mol. The van der Waals surface area contributed by atoms with Crippen molar-refractivity contribution in [2.75, 3.05) is 5.32 Å². The average molecular weight is 386 g/mol. The molecule has 3 aromatic carbocycles. The largest absolute Gasteiger partial charge is 0.329 e. The van der Waals surface area contributed by atoms with Gasteiger partial charge in [0, 0.05) is 11.3 Å². The molecule has 0 unspecified atom stereocenters. The van der Waals surface area contributed by atoms with Crippen molar-refractivity contribution in [1.82, 2.24) is 5.43 Å². The molecule has 0 aliphatic carbocycles. The zero-order valence-electron chi connectivity index (χ0n) is 13.4. The van der Waals surface area contributed by atoms with Crippen LogP contribution in [0.2, 0.25) is 10.0 Å². The molecule has 0 saturated heterocycles. The molecule has 130 valence electrons. The molecule has 5 nitrogen and oxygen atoms in total. The number of hydrogen-bond acceptors (Lipinski definition) is 3. The van der Waals surface area contributed by atoms with E-state index < -0.39 is 11.8 Å². The van der Waals surface area contributed by atoms with Crippen molar-refractivity contribution in [1.29, 1.82) is 0 Å². The number of benzene rings is 3. The van der Waals surface area contributed by atoms with Crippen LogP contribution in [0, 0.1) is 0 Å². The third-order valence-corrected chi connectivity index (χ3v) is 4.32. The summed E-state index contributed by atoms with van der Waals surface area (Å²) in [5, 5.41) is 8.96. The van der Waals surface area contributed by atoms with Crippen molar-refractivity contribution in [3.05, 3.63) is 76.3 Å². The van der Waals surface area contributed by atoms with E-state index in [1.807, 2.05) is 42.5 Å². The average Bonchev–Trinajstić information content (AvgIpc) is 2.65. The maximum absolute atomic E-state index is 11.9. The SMILES string of the molecule is O=C(NN=Cc1cccc2ccccc12)C(=O)Nc1ccc(Cl)c(Cl)c1. The normalized spacial score (nSPS) is 10.8. The van der Waals surface area contributed by atoms with Crippen LogP contribution in [-0.2, 0) is 9.59 Å². The first-order valence-corrected chi connectivity index (χ1v) is 8.37. The second kappa shape index (κ2) is 7.99. The number of anilines is 1. The molecule has 3 aromatic rings. The minimum atomic E-state index is -0.896. The maximum atomic E-state index is 11.9. The highest BCUT2D eigenvalue weighted by Gasteiger charge is 2.13. The van der Waals surface area contributed by atoms with E-state index in [4.69, 9.17) is 23.2 Å². The summed E-state index contributed by atoms with van der Waals surface area (Å²) in [5.74, 6) is -1.76. The molecule has 26 heavy (non-hydrogen) atoms. The summed E-state index contributed by atoms with van der Waals surface area (Å²) in [6.45, 7) is 0. The predicted molar refractivity (Wildman–Crippen MR) is 105 cm³/mol. The van der Waals surface area contributed by atoms with Crippen LogP contribution >= 0.6 is 23.2 Å². The van der Waals surface area contributed by atoms with Gasteiger partial charge in [0.15, 0.2) is 0 Å². The Labute approximate surface area is 159 Å². The van der Waals surface area contributed by atoms with Crippen LogP contribution < -0.4 is 10.7 Å². The summed E-state index contributed by atoms with van der Waals surface area (Å²) >= 11 is 11.7. The number of carbonyl (C=O) groups is 2. The van der Waals surface area contributed by atoms with Gasteiger partial charge in [0.1, 0.15) is 0 Å². The first kappa shape index (κ1) is 17.9. The number of hydrazone groups is 1. The number of carbonyl (C=O) groups excluding carboxylic acids is 2. The molecule has 0 saturated carbocycles. The van der Waals surface area contributed by atoms with E-state index in [9.17, 15) is 9.59 Å². The van der Waals surface area contributed by atoms with Gasteiger partial charge in [-0.05, 0) is 29.0 Å². The molecule has 2 amide bonds. The Kier molecular flexibility index (Phi) is 5.51. The van der Waals surface area contributed by atoms with Crippen LogP contribution in [0.3, 0.4) is 0 Å². The summed E-state index contributed by atoms with van der Waals surface area (Å²) in [7, 11) is 0. The lowest BCUT2D eigenvalue weighted by atomic mass is 10.1. The van der Waals surface area contributed by atoms with Gasteiger partial charge in [-0.15, -0.1) is 0 Å². The summed E-state index contributed by atoms with van der Waals surface area (Å²) in [6.07, 6.45) is 1.49. The number of amides is 2. The van der Waals surface area contributed by atoms with E-state index >= 15 is 0 Å². The quantitative estimate of drug-likeness (QED) is 0.402. The highest BCUT2D eigenvalue weighted by molar-refractivity contribution is 6.43. The standard InChI is InChI=1S/C19H13Cl2N3O2/c20-16-9-8-14(10-17(16)21)23-18(25)19(26)24-22-11-13-6-3-5-12-4-1-2-7-15(12)13/h1-11H,(H,23,25)(H,24,26). The molecule has 0 aromatic heterocycles. The van der Waals surface area contributed by atoms with Crippen LogP contribution in [0.4, 0.5) is 5.69 Å². The maximum Gasteiger partial charge on any atom is 0.329 e. The second-order valence-electron chi connectivity index (χ2n) is 5.35. The van der Waals surface area contributed by atoms with E-state index in [1.54, 1.807) is 6.07 Å². The highest BCUT2D eigenvalue weighted by atomic mass is 35.5. The molecule has 0 atom stereocenters. The second-order valence-corrected chi connectivity index (χ2v) is 6.16. The van der Waals surface area contributed by atoms with Crippen molar-refractivity contribution in [3.8, 4) is 0 Å². The van der Waals surface area contributed by atoms with Crippen LogP contribution in [0.25, 0.3) is 10.8 Å². The zero-order chi connectivity index (χ0) is 18.5. The van der Waals surface area contributed by atoms with Gasteiger partial charge in [0.25, 0.3) is 0 Å².